The van der Waals surface area contributed by atoms with E-state index >= 15 is 0 Å². The molecule has 0 bridgehead atoms. The molecule has 0 unspecified atom stereocenters. The number of carbonyl (C=O) groups excluding carboxylic acids is 1. The highest BCUT2D eigenvalue weighted by atomic mass is 32.2. The van der Waals surface area contributed by atoms with Crippen LogP contribution < -0.4 is 5.32 Å². The van der Waals surface area contributed by atoms with Crippen LogP contribution in [-0.4, -0.2) is 26.4 Å². The highest BCUT2D eigenvalue weighted by Gasteiger charge is 2.11. The van der Waals surface area contributed by atoms with Crippen molar-refractivity contribution < 1.29 is 4.79 Å². The smallest absolute Gasteiger partial charge is 0.234 e. The van der Waals surface area contributed by atoms with E-state index in [1.807, 2.05) is 61.0 Å². The second-order valence-corrected chi connectivity index (χ2v) is 6.12. The van der Waals surface area contributed by atoms with E-state index in [1.165, 1.54) is 11.8 Å². The zero-order chi connectivity index (χ0) is 16.2. The van der Waals surface area contributed by atoms with E-state index in [2.05, 4.69) is 15.5 Å². The van der Waals surface area contributed by atoms with Crippen molar-refractivity contribution in [2.45, 2.75) is 18.5 Å². The highest BCUT2D eigenvalue weighted by Crippen LogP contribution is 2.23. The molecule has 5 nitrogen and oxygen atoms in total. The molecule has 1 amide bonds. The number of nitrogens with one attached hydrogen (secondary N) is 1. The Kier molecular flexibility index (Phi) is 4.62. The Morgan fingerprint density at radius 2 is 1.96 bits per heavy atom. The molecule has 6 heteroatoms. The van der Waals surface area contributed by atoms with Gasteiger partial charge in [0.25, 0.3) is 0 Å². The standard InChI is InChI=1S/C17H18N4OS/c1-3-15-19-20-17(21(15)2)23-11-16(22)18-14-10-6-8-12-7-4-5-9-13(12)14/h4-10H,3,11H2,1-2H3,(H,18,22). The average molecular weight is 326 g/mol. The number of fused-ring (bicyclic) bond motifs is 1. The summed E-state index contributed by atoms with van der Waals surface area (Å²) in [5.74, 6) is 1.17. The van der Waals surface area contributed by atoms with Gasteiger partial charge in [-0.1, -0.05) is 55.1 Å². The Morgan fingerprint density at radius 3 is 2.74 bits per heavy atom. The molecule has 1 N–H and O–H groups in total. The second-order valence-electron chi connectivity index (χ2n) is 5.17. The molecule has 0 atom stereocenters. The van der Waals surface area contributed by atoms with Crippen molar-refractivity contribution in [1.29, 1.82) is 0 Å². The summed E-state index contributed by atoms with van der Waals surface area (Å²) in [5.41, 5.74) is 0.834. The monoisotopic (exact) mass is 326 g/mol. The van der Waals surface area contributed by atoms with Crippen LogP contribution in [0, 0.1) is 0 Å². The molecule has 0 fully saturated rings. The quantitative estimate of drug-likeness (QED) is 0.731. The van der Waals surface area contributed by atoms with Crippen molar-refractivity contribution in [2.24, 2.45) is 7.05 Å². The van der Waals surface area contributed by atoms with Crippen LogP contribution in [0.1, 0.15) is 12.7 Å². The molecule has 0 aliphatic heterocycles. The van der Waals surface area contributed by atoms with Gasteiger partial charge in [-0.25, -0.2) is 0 Å². The number of nitrogens with zero attached hydrogens (tertiary/aromatic N) is 3. The number of hydrogen-bond acceptors (Lipinski definition) is 4. The lowest BCUT2D eigenvalue weighted by atomic mass is 10.1. The van der Waals surface area contributed by atoms with Crippen LogP contribution in [0.2, 0.25) is 0 Å². The summed E-state index contributed by atoms with van der Waals surface area (Å²) in [6.07, 6.45) is 0.826. The Morgan fingerprint density at radius 1 is 1.17 bits per heavy atom. The van der Waals surface area contributed by atoms with Crippen LogP contribution in [0.5, 0.6) is 0 Å². The predicted octanol–water partition coefficient (Wildman–Crippen LogP) is 3.26. The number of carbonyl (C=O) groups is 1. The van der Waals surface area contributed by atoms with Crippen LogP contribution in [-0.2, 0) is 18.3 Å². The van der Waals surface area contributed by atoms with E-state index in [4.69, 9.17) is 0 Å². The Hall–Kier alpha value is -2.34. The second kappa shape index (κ2) is 6.83. The minimum atomic E-state index is -0.0487. The molecule has 2 aromatic carbocycles. The van der Waals surface area contributed by atoms with Crippen molar-refractivity contribution >= 4 is 34.1 Å². The fourth-order valence-electron chi connectivity index (χ4n) is 2.43. The lowest BCUT2D eigenvalue weighted by Crippen LogP contribution is -2.14. The third kappa shape index (κ3) is 3.37. The van der Waals surface area contributed by atoms with E-state index in [0.29, 0.717) is 5.75 Å². The Balaban J connectivity index is 1.68. The zero-order valence-corrected chi connectivity index (χ0v) is 13.9. The molecular weight excluding hydrogens is 308 g/mol. The van der Waals surface area contributed by atoms with Crippen molar-refractivity contribution in [3.63, 3.8) is 0 Å². The number of aromatic nitrogens is 3. The first-order chi connectivity index (χ1) is 11.2. The van der Waals surface area contributed by atoms with Crippen LogP contribution in [0.3, 0.4) is 0 Å². The van der Waals surface area contributed by atoms with Gasteiger partial charge in [0.05, 0.1) is 5.75 Å². The first-order valence-electron chi connectivity index (χ1n) is 7.47. The fourth-order valence-corrected chi connectivity index (χ4v) is 3.16. The van der Waals surface area contributed by atoms with E-state index in [0.717, 1.165) is 33.9 Å². The third-order valence-corrected chi connectivity index (χ3v) is 4.66. The molecule has 118 valence electrons. The number of aryl methyl sites for hydroxylation is 1. The summed E-state index contributed by atoms with van der Waals surface area (Å²) in [4.78, 5) is 12.2. The van der Waals surface area contributed by atoms with Crippen molar-refractivity contribution in [3.05, 3.63) is 48.3 Å². The van der Waals surface area contributed by atoms with Gasteiger partial charge in [-0.05, 0) is 11.5 Å². The van der Waals surface area contributed by atoms with Gasteiger partial charge in [-0.2, -0.15) is 0 Å². The maximum Gasteiger partial charge on any atom is 0.234 e. The summed E-state index contributed by atoms with van der Waals surface area (Å²) >= 11 is 1.39. The first-order valence-corrected chi connectivity index (χ1v) is 8.46. The van der Waals surface area contributed by atoms with Gasteiger partial charge in [0.1, 0.15) is 5.82 Å². The summed E-state index contributed by atoms with van der Waals surface area (Å²) in [6, 6.07) is 13.9. The topological polar surface area (TPSA) is 59.8 Å². The summed E-state index contributed by atoms with van der Waals surface area (Å²) in [5, 5.41) is 14.1. The molecule has 0 radical (unpaired) electrons. The molecule has 0 spiro atoms. The first kappa shape index (κ1) is 15.6. The van der Waals surface area contributed by atoms with Crippen molar-refractivity contribution in [3.8, 4) is 0 Å². The predicted molar refractivity (Wildman–Crippen MR) is 93.7 cm³/mol. The normalized spacial score (nSPS) is 10.9. The molecular formula is C17H18N4OS. The summed E-state index contributed by atoms with van der Waals surface area (Å²) in [7, 11) is 1.92. The van der Waals surface area contributed by atoms with Crippen molar-refractivity contribution in [2.75, 3.05) is 11.1 Å². The molecule has 3 rings (SSSR count). The zero-order valence-electron chi connectivity index (χ0n) is 13.1. The molecule has 0 saturated heterocycles. The summed E-state index contributed by atoms with van der Waals surface area (Å²) < 4.78 is 1.93. The molecule has 1 aromatic heterocycles. The highest BCUT2D eigenvalue weighted by molar-refractivity contribution is 7.99. The van der Waals surface area contributed by atoms with Gasteiger partial charge in [0.15, 0.2) is 5.16 Å². The van der Waals surface area contributed by atoms with Gasteiger partial charge >= 0.3 is 0 Å². The molecule has 1 heterocycles. The lowest BCUT2D eigenvalue weighted by Gasteiger charge is -2.08. The fraction of sp³-hybridized carbons (Fsp3) is 0.235. The SMILES string of the molecule is CCc1nnc(SCC(=O)Nc2cccc3ccccc23)n1C. The summed E-state index contributed by atoms with van der Waals surface area (Å²) in [6.45, 7) is 2.03. The average Bonchev–Trinajstić information content (AvgIpc) is 2.93. The number of anilines is 1. The van der Waals surface area contributed by atoms with E-state index < -0.39 is 0 Å². The minimum Gasteiger partial charge on any atom is -0.325 e. The van der Waals surface area contributed by atoms with E-state index in [-0.39, 0.29) is 5.91 Å². The van der Waals surface area contributed by atoms with E-state index in [9.17, 15) is 4.79 Å². The molecule has 0 aliphatic rings. The van der Waals surface area contributed by atoms with Gasteiger partial charge in [0.2, 0.25) is 5.91 Å². The number of rotatable bonds is 5. The van der Waals surface area contributed by atoms with Crippen LogP contribution >= 0.6 is 11.8 Å². The number of benzene rings is 2. The number of amides is 1. The minimum absolute atomic E-state index is 0.0487. The van der Waals surface area contributed by atoms with Gasteiger partial charge in [0, 0.05) is 24.5 Å². The van der Waals surface area contributed by atoms with Gasteiger partial charge in [-0.3, -0.25) is 4.79 Å². The third-order valence-electron chi connectivity index (χ3n) is 3.64. The van der Waals surface area contributed by atoms with Crippen molar-refractivity contribution in [1.82, 2.24) is 14.8 Å². The largest absolute Gasteiger partial charge is 0.325 e. The Bertz CT molecular complexity index is 838. The van der Waals surface area contributed by atoms with E-state index in [1.54, 1.807) is 0 Å². The van der Waals surface area contributed by atoms with Crippen LogP contribution in [0.4, 0.5) is 5.69 Å². The maximum atomic E-state index is 12.2. The Labute approximate surface area is 139 Å². The van der Waals surface area contributed by atoms with Crippen LogP contribution in [0.15, 0.2) is 47.6 Å². The van der Waals surface area contributed by atoms with Gasteiger partial charge < -0.3 is 9.88 Å². The number of hydrogen-bond donors (Lipinski definition) is 1. The molecule has 0 saturated carbocycles. The maximum absolute atomic E-state index is 12.2. The lowest BCUT2D eigenvalue weighted by molar-refractivity contribution is -0.113. The molecule has 23 heavy (non-hydrogen) atoms. The molecule has 3 aromatic rings. The van der Waals surface area contributed by atoms with Crippen LogP contribution in [0.25, 0.3) is 10.8 Å². The van der Waals surface area contributed by atoms with Gasteiger partial charge in [-0.15, -0.1) is 10.2 Å². The molecule has 0 aliphatic carbocycles. The number of thioether (sulfide) groups is 1.